The molecule has 3 rings (SSSR count). The number of hydrogen-bond acceptors (Lipinski definition) is 6. The highest BCUT2D eigenvalue weighted by Gasteiger charge is 2.47. The lowest BCUT2D eigenvalue weighted by Crippen LogP contribution is -2.43. The fourth-order valence-electron chi connectivity index (χ4n) is 3.78. The van der Waals surface area contributed by atoms with Gasteiger partial charge in [0.15, 0.2) is 6.10 Å². The maximum atomic E-state index is 12.5. The highest BCUT2D eigenvalue weighted by molar-refractivity contribution is 7.99. The number of thioether (sulfide) groups is 1. The Morgan fingerprint density at radius 3 is 2.66 bits per heavy atom. The Kier molecular flexibility index (Phi) is 8.07. The summed E-state index contributed by atoms with van der Waals surface area (Å²) in [5.41, 5.74) is 0.670. The van der Waals surface area contributed by atoms with Crippen molar-refractivity contribution in [1.29, 1.82) is 0 Å². The molecule has 1 amide bonds. The summed E-state index contributed by atoms with van der Waals surface area (Å²) in [4.78, 5) is 27.0. The van der Waals surface area contributed by atoms with Crippen molar-refractivity contribution >= 4 is 23.8 Å². The maximum Gasteiger partial charge on any atom is 0.410 e. The average Bonchev–Trinajstić information content (AvgIpc) is 2.99. The number of amides is 1. The molecule has 2 atom stereocenters. The van der Waals surface area contributed by atoms with E-state index >= 15 is 0 Å². The quantitative estimate of drug-likeness (QED) is 0.286. The largest absolute Gasteiger partial charge is 0.479 e. The van der Waals surface area contributed by atoms with Crippen LogP contribution in [0.2, 0.25) is 0 Å². The minimum absolute atomic E-state index is 0.000984. The minimum atomic E-state index is -0.661. The molecule has 0 unspecified atom stereocenters. The van der Waals surface area contributed by atoms with Crippen LogP contribution in [0.5, 0.6) is 5.75 Å². The normalized spacial score (nSPS) is 18.2. The Bertz CT molecular complexity index is 918. The van der Waals surface area contributed by atoms with E-state index in [1.165, 1.54) is 12.7 Å². The summed E-state index contributed by atoms with van der Waals surface area (Å²) >= 11 is 1.69. The standard InChI is InChI=1S/C25H31NO5S/c1-18(23(27)29-4)30-20-12-8-13-21(17-20)32-15-9-14-26-22(25(2,3)31-24(26)28)16-19-10-6-5-7-11-19/h5-8,10-13,17-18,22H,9,14-16H2,1-4H3/t18-,22-/m0/s1. The predicted molar refractivity (Wildman–Crippen MR) is 125 cm³/mol. The number of methoxy groups -OCH3 is 1. The monoisotopic (exact) mass is 457 g/mol. The number of carbonyl (C=O) groups is 2. The van der Waals surface area contributed by atoms with E-state index in [9.17, 15) is 9.59 Å². The first kappa shape index (κ1) is 24.0. The van der Waals surface area contributed by atoms with Crippen LogP contribution >= 0.6 is 11.8 Å². The van der Waals surface area contributed by atoms with Gasteiger partial charge in [0.1, 0.15) is 11.4 Å². The molecule has 0 radical (unpaired) electrons. The molecular weight excluding hydrogens is 426 g/mol. The zero-order valence-electron chi connectivity index (χ0n) is 19.1. The fraction of sp³-hybridized carbons (Fsp3) is 0.440. The lowest BCUT2D eigenvalue weighted by atomic mass is 9.92. The highest BCUT2D eigenvalue weighted by atomic mass is 32.2. The van der Waals surface area contributed by atoms with Gasteiger partial charge >= 0.3 is 12.1 Å². The van der Waals surface area contributed by atoms with Crippen molar-refractivity contribution in [2.75, 3.05) is 19.4 Å². The van der Waals surface area contributed by atoms with Gasteiger partial charge in [-0.05, 0) is 63.1 Å². The number of rotatable bonds is 10. The first-order chi connectivity index (χ1) is 15.3. The van der Waals surface area contributed by atoms with Crippen LogP contribution in [-0.4, -0.2) is 54.1 Å². The average molecular weight is 458 g/mol. The second-order valence-electron chi connectivity index (χ2n) is 8.33. The van der Waals surface area contributed by atoms with Gasteiger partial charge in [0.25, 0.3) is 0 Å². The molecular formula is C25H31NO5S. The molecule has 32 heavy (non-hydrogen) atoms. The molecule has 0 aromatic heterocycles. The van der Waals surface area contributed by atoms with E-state index in [4.69, 9.17) is 14.2 Å². The molecule has 0 bridgehead atoms. The predicted octanol–water partition coefficient (Wildman–Crippen LogP) is 4.95. The Morgan fingerprint density at radius 2 is 1.94 bits per heavy atom. The van der Waals surface area contributed by atoms with Crippen LogP contribution in [0.1, 0.15) is 32.8 Å². The number of hydrogen-bond donors (Lipinski definition) is 0. The van der Waals surface area contributed by atoms with Crippen molar-refractivity contribution in [3.8, 4) is 5.75 Å². The molecule has 1 aliphatic rings. The van der Waals surface area contributed by atoms with E-state index in [0.29, 0.717) is 12.3 Å². The summed E-state index contributed by atoms with van der Waals surface area (Å²) in [6, 6.07) is 17.8. The first-order valence-electron chi connectivity index (χ1n) is 10.8. The lowest BCUT2D eigenvalue weighted by Gasteiger charge is -2.29. The van der Waals surface area contributed by atoms with Gasteiger partial charge in [0, 0.05) is 11.4 Å². The smallest absolute Gasteiger partial charge is 0.410 e. The van der Waals surface area contributed by atoms with E-state index in [2.05, 4.69) is 12.1 Å². The van der Waals surface area contributed by atoms with E-state index in [1.54, 1.807) is 18.7 Å². The van der Waals surface area contributed by atoms with E-state index in [1.807, 2.05) is 61.2 Å². The van der Waals surface area contributed by atoms with Gasteiger partial charge in [-0.15, -0.1) is 11.8 Å². The molecule has 2 aromatic rings. The highest BCUT2D eigenvalue weighted by Crippen LogP contribution is 2.32. The number of cyclic esters (lactones) is 1. The molecule has 172 valence electrons. The van der Waals surface area contributed by atoms with Crippen molar-refractivity contribution in [2.45, 2.75) is 56.3 Å². The van der Waals surface area contributed by atoms with Crippen molar-refractivity contribution in [1.82, 2.24) is 4.90 Å². The zero-order chi connectivity index (χ0) is 23.1. The van der Waals surface area contributed by atoms with Gasteiger partial charge in [-0.25, -0.2) is 9.59 Å². The summed E-state index contributed by atoms with van der Waals surface area (Å²) < 4.78 is 16.0. The summed E-state index contributed by atoms with van der Waals surface area (Å²) in [5, 5.41) is 0. The van der Waals surface area contributed by atoms with E-state index < -0.39 is 17.7 Å². The number of esters is 1. The Labute approximate surface area is 194 Å². The first-order valence-corrected chi connectivity index (χ1v) is 11.8. The summed E-state index contributed by atoms with van der Waals surface area (Å²) in [6.45, 7) is 6.26. The number of ether oxygens (including phenoxy) is 3. The van der Waals surface area contributed by atoms with E-state index in [0.717, 1.165) is 23.5 Å². The second kappa shape index (κ2) is 10.8. The van der Waals surface area contributed by atoms with Gasteiger partial charge in [-0.3, -0.25) is 0 Å². The Balaban J connectivity index is 1.53. The Hall–Kier alpha value is -2.67. The second-order valence-corrected chi connectivity index (χ2v) is 9.50. The van der Waals surface area contributed by atoms with Crippen LogP contribution in [0.3, 0.4) is 0 Å². The van der Waals surface area contributed by atoms with Crippen molar-refractivity contribution in [3.63, 3.8) is 0 Å². The summed E-state index contributed by atoms with van der Waals surface area (Å²) in [6.07, 6.45) is 0.703. The van der Waals surface area contributed by atoms with Crippen LogP contribution < -0.4 is 4.74 Å². The van der Waals surface area contributed by atoms with Gasteiger partial charge in [0.2, 0.25) is 0 Å². The molecule has 1 saturated heterocycles. The maximum absolute atomic E-state index is 12.5. The third-order valence-electron chi connectivity index (χ3n) is 5.50. The Morgan fingerprint density at radius 1 is 1.19 bits per heavy atom. The molecule has 0 saturated carbocycles. The van der Waals surface area contributed by atoms with Crippen LogP contribution in [0, 0.1) is 0 Å². The molecule has 1 aliphatic heterocycles. The molecule has 2 aromatic carbocycles. The molecule has 0 N–H and O–H groups in total. The molecule has 0 spiro atoms. The topological polar surface area (TPSA) is 65.1 Å². The van der Waals surface area contributed by atoms with Crippen LogP contribution in [0.4, 0.5) is 4.79 Å². The molecule has 1 fully saturated rings. The minimum Gasteiger partial charge on any atom is -0.479 e. The van der Waals surface area contributed by atoms with Gasteiger partial charge in [-0.2, -0.15) is 0 Å². The SMILES string of the molecule is COC(=O)[C@H](C)Oc1cccc(SCCCN2C(=O)OC(C)(C)[C@@H]2Cc2ccccc2)c1. The van der Waals surface area contributed by atoms with Crippen LogP contribution in [-0.2, 0) is 20.7 Å². The van der Waals surface area contributed by atoms with E-state index in [-0.39, 0.29) is 12.1 Å². The van der Waals surface area contributed by atoms with Gasteiger partial charge in [-0.1, -0.05) is 36.4 Å². The number of carbonyl (C=O) groups excluding carboxylic acids is 2. The van der Waals surface area contributed by atoms with Crippen LogP contribution in [0.15, 0.2) is 59.5 Å². The third kappa shape index (κ3) is 6.19. The lowest BCUT2D eigenvalue weighted by molar-refractivity contribution is -0.147. The molecule has 1 heterocycles. The summed E-state index contributed by atoms with van der Waals surface area (Å²) in [7, 11) is 1.34. The van der Waals surface area contributed by atoms with Gasteiger partial charge < -0.3 is 19.1 Å². The van der Waals surface area contributed by atoms with Crippen LogP contribution in [0.25, 0.3) is 0 Å². The van der Waals surface area contributed by atoms with Crippen molar-refractivity contribution < 1.29 is 23.8 Å². The van der Waals surface area contributed by atoms with Gasteiger partial charge in [0.05, 0.1) is 13.2 Å². The van der Waals surface area contributed by atoms with Crippen molar-refractivity contribution in [2.24, 2.45) is 0 Å². The fourth-order valence-corrected chi connectivity index (χ4v) is 4.66. The molecule has 0 aliphatic carbocycles. The molecule has 6 nitrogen and oxygen atoms in total. The zero-order valence-corrected chi connectivity index (χ0v) is 19.9. The summed E-state index contributed by atoms with van der Waals surface area (Å²) in [5.74, 6) is 1.06. The molecule has 7 heteroatoms. The number of benzene rings is 2. The third-order valence-corrected chi connectivity index (χ3v) is 6.58. The van der Waals surface area contributed by atoms with Crippen molar-refractivity contribution in [3.05, 3.63) is 60.2 Å². The number of nitrogens with zero attached hydrogens (tertiary/aromatic N) is 1.